The molecule has 0 heterocycles. The highest BCUT2D eigenvalue weighted by Crippen LogP contribution is 2.07. The number of carbonyl (C=O) groups is 2. The van der Waals surface area contributed by atoms with Gasteiger partial charge in [-0.05, 0) is 26.7 Å². The fourth-order valence-corrected chi connectivity index (χ4v) is 1.82. The molecule has 0 saturated carbocycles. The molecule has 0 aromatic heterocycles. The van der Waals surface area contributed by atoms with Crippen LogP contribution in [0, 0.1) is 0 Å². The molecule has 1 N–H and O–H groups in total. The Balaban J connectivity index is 4.64. The van der Waals surface area contributed by atoms with E-state index in [1.165, 1.54) is 0 Å². The number of urea groups is 1. The zero-order valence-corrected chi connectivity index (χ0v) is 12.0. The maximum atomic E-state index is 12.3. The van der Waals surface area contributed by atoms with Crippen LogP contribution in [-0.4, -0.2) is 52.6 Å². The second kappa shape index (κ2) is 8.78. The minimum atomic E-state index is -0.869. The van der Waals surface area contributed by atoms with Crippen molar-refractivity contribution in [2.45, 2.75) is 53.0 Å². The maximum Gasteiger partial charge on any atom is 0.320 e. The third-order valence-corrected chi connectivity index (χ3v) is 2.69. The van der Waals surface area contributed by atoms with Gasteiger partial charge < -0.3 is 14.9 Å². The van der Waals surface area contributed by atoms with E-state index in [1.807, 2.05) is 32.6 Å². The predicted molar refractivity (Wildman–Crippen MR) is 71.6 cm³/mol. The summed E-state index contributed by atoms with van der Waals surface area (Å²) in [6, 6.07) is -0.0250. The van der Waals surface area contributed by atoms with Gasteiger partial charge >= 0.3 is 12.0 Å². The summed E-state index contributed by atoms with van der Waals surface area (Å²) >= 11 is 0. The minimum Gasteiger partial charge on any atom is -0.481 e. The summed E-state index contributed by atoms with van der Waals surface area (Å²) in [6.45, 7) is 9.62. The number of amides is 2. The van der Waals surface area contributed by atoms with Crippen molar-refractivity contribution in [3.05, 3.63) is 0 Å². The SMILES string of the molecule is CCCN(CCC)C(=O)N(CCC(=O)O)C(C)C. The number of aliphatic carboxylic acids is 1. The maximum absolute atomic E-state index is 12.3. The van der Waals surface area contributed by atoms with Gasteiger partial charge in [-0.25, -0.2) is 4.79 Å². The van der Waals surface area contributed by atoms with Crippen molar-refractivity contribution in [1.82, 2.24) is 9.80 Å². The van der Waals surface area contributed by atoms with Crippen LogP contribution in [0.25, 0.3) is 0 Å². The Morgan fingerprint density at radius 3 is 1.89 bits per heavy atom. The van der Waals surface area contributed by atoms with Gasteiger partial charge in [0.05, 0.1) is 6.42 Å². The Kier molecular flexibility index (Phi) is 8.16. The van der Waals surface area contributed by atoms with Crippen LogP contribution in [0.15, 0.2) is 0 Å². The third kappa shape index (κ3) is 5.89. The molecule has 0 aromatic carbocycles. The van der Waals surface area contributed by atoms with Crippen LogP contribution in [-0.2, 0) is 4.79 Å². The van der Waals surface area contributed by atoms with Crippen LogP contribution in [0.4, 0.5) is 4.79 Å². The van der Waals surface area contributed by atoms with Crippen molar-refractivity contribution >= 4 is 12.0 Å². The molecule has 0 radical (unpaired) electrons. The zero-order valence-electron chi connectivity index (χ0n) is 12.0. The number of rotatable bonds is 8. The van der Waals surface area contributed by atoms with Gasteiger partial charge in [-0.3, -0.25) is 4.79 Å². The lowest BCUT2D eigenvalue weighted by Crippen LogP contribution is -2.47. The number of hydrogen-bond acceptors (Lipinski definition) is 2. The molecule has 0 aliphatic rings. The first-order valence-electron chi connectivity index (χ1n) is 6.71. The Morgan fingerprint density at radius 2 is 1.56 bits per heavy atom. The molecule has 0 unspecified atom stereocenters. The standard InChI is InChI=1S/C13H26N2O3/c1-5-8-14(9-6-2)13(18)15(11(3)4)10-7-12(16)17/h11H,5-10H2,1-4H3,(H,16,17). The summed E-state index contributed by atoms with van der Waals surface area (Å²) in [6.07, 6.45) is 1.82. The van der Waals surface area contributed by atoms with Crippen molar-refractivity contribution in [2.24, 2.45) is 0 Å². The molecule has 0 spiro atoms. The van der Waals surface area contributed by atoms with Crippen LogP contribution in [0.5, 0.6) is 0 Å². The molecule has 2 amide bonds. The average Bonchev–Trinajstić information content (AvgIpc) is 2.27. The van der Waals surface area contributed by atoms with Crippen LogP contribution in [0.3, 0.4) is 0 Å². The Labute approximate surface area is 110 Å². The normalized spacial score (nSPS) is 10.5. The Morgan fingerprint density at radius 1 is 1.06 bits per heavy atom. The van der Waals surface area contributed by atoms with E-state index in [-0.39, 0.29) is 25.0 Å². The van der Waals surface area contributed by atoms with Crippen LogP contribution >= 0.6 is 0 Å². The summed E-state index contributed by atoms with van der Waals surface area (Å²) in [4.78, 5) is 26.4. The van der Waals surface area contributed by atoms with Gasteiger partial charge in [0.25, 0.3) is 0 Å². The molecule has 0 aromatic rings. The van der Waals surface area contributed by atoms with E-state index in [0.29, 0.717) is 0 Å². The second-order valence-corrected chi connectivity index (χ2v) is 4.70. The number of carbonyl (C=O) groups excluding carboxylic acids is 1. The molecular formula is C13H26N2O3. The van der Waals surface area contributed by atoms with Gasteiger partial charge in [-0.1, -0.05) is 13.8 Å². The molecule has 106 valence electrons. The highest BCUT2D eigenvalue weighted by Gasteiger charge is 2.22. The van der Waals surface area contributed by atoms with Crippen LogP contribution in [0.2, 0.25) is 0 Å². The van der Waals surface area contributed by atoms with Crippen LogP contribution in [0.1, 0.15) is 47.0 Å². The first-order chi connectivity index (χ1) is 8.43. The topological polar surface area (TPSA) is 60.9 Å². The number of carboxylic acid groups (broad SMARTS) is 1. The van der Waals surface area contributed by atoms with E-state index < -0.39 is 5.97 Å². The lowest BCUT2D eigenvalue weighted by atomic mass is 10.3. The number of hydrogen-bond donors (Lipinski definition) is 1. The van der Waals surface area contributed by atoms with Crippen molar-refractivity contribution in [3.8, 4) is 0 Å². The minimum absolute atomic E-state index is 0.00396. The summed E-state index contributed by atoms with van der Waals surface area (Å²) in [7, 11) is 0. The predicted octanol–water partition coefficient (Wildman–Crippen LogP) is 2.41. The largest absolute Gasteiger partial charge is 0.481 e. The lowest BCUT2D eigenvalue weighted by molar-refractivity contribution is -0.137. The molecule has 0 aliphatic carbocycles. The Bertz CT molecular complexity index is 261. The van der Waals surface area contributed by atoms with Gasteiger partial charge in [-0.15, -0.1) is 0 Å². The second-order valence-electron chi connectivity index (χ2n) is 4.70. The zero-order chi connectivity index (χ0) is 14.1. The fraction of sp³-hybridized carbons (Fsp3) is 0.846. The van der Waals surface area contributed by atoms with Crippen molar-refractivity contribution in [3.63, 3.8) is 0 Å². The van der Waals surface area contributed by atoms with Gasteiger partial charge in [0.15, 0.2) is 0 Å². The average molecular weight is 258 g/mol. The summed E-state index contributed by atoms with van der Waals surface area (Å²) in [5.41, 5.74) is 0. The van der Waals surface area contributed by atoms with Gasteiger partial charge in [0.1, 0.15) is 0 Å². The first kappa shape index (κ1) is 16.7. The monoisotopic (exact) mass is 258 g/mol. The quantitative estimate of drug-likeness (QED) is 0.727. The summed E-state index contributed by atoms with van der Waals surface area (Å²) in [5, 5.41) is 8.72. The third-order valence-electron chi connectivity index (χ3n) is 2.69. The van der Waals surface area contributed by atoms with E-state index in [4.69, 9.17) is 5.11 Å². The van der Waals surface area contributed by atoms with Crippen molar-refractivity contribution in [1.29, 1.82) is 0 Å². The Hall–Kier alpha value is -1.26. The fourth-order valence-electron chi connectivity index (χ4n) is 1.82. The molecule has 0 atom stereocenters. The van der Waals surface area contributed by atoms with Crippen molar-refractivity contribution < 1.29 is 14.7 Å². The van der Waals surface area contributed by atoms with E-state index in [1.54, 1.807) is 4.90 Å². The highest BCUT2D eigenvalue weighted by atomic mass is 16.4. The van der Waals surface area contributed by atoms with Gasteiger partial charge in [-0.2, -0.15) is 0 Å². The molecule has 0 bridgehead atoms. The van der Waals surface area contributed by atoms with E-state index >= 15 is 0 Å². The molecule has 0 rings (SSSR count). The molecule has 5 heteroatoms. The summed E-state index contributed by atoms with van der Waals surface area (Å²) < 4.78 is 0. The molecular weight excluding hydrogens is 232 g/mol. The molecule has 0 fully saturated rings. The molecule has 18 heavy (non-hydrogen) atoms. The molecule has 5 nitrogen and oxygen atoms in total. The number of nitrogens with zero attached hydrogens (tertiary/aromatic N) is 2. The van der Waals surface area contributed by atoms with E-state index in [0.717, 1.165) is 25.9 Å². The number of carboxylic acids is 1. The van der Waals surface area contributed by atoms with Gasteiger partial charge in [0.2, 0.25) is 0 Å². The summed E-state index contributed by atoms with van der Waals surface area (Å²) in [5.74, 6) is -0.869. The highest BCUT2D eigenvalue weighted by molar-refractivity contribution is 5.75. The van der Waals surface area contributed by atoms with Crippen molar-refractivity contribution in [2.75, 3.05) is 19.6 Å². The molecule has 0 aliphatic heterocycles. The lowest BCUT2D eigenvalue weighted by Gasteiger charge is -2.32. The molecule has 0 saturated heterocycles. The van der Waals surface area contributed by atoms with Gasteiger partial charge in [0, 0.05) is 25.7 Å². The first-order valence-corrected chi connectivity index (χ1v) is 6.71. The van der Waals surface area contributed by atoms with E-state index in [9.17, 15) is 9.59 Å². The van der Waals surface area contributed by atoms with Crippen LogP contribution < -0.4 is 0 Å². The van der Waals surface area contributed by atoms with E-state index in [2.05, 4.69) is 0 Å². The smallest absolute Gasteiger partial charge is 0.320 e.